The second-order valence-electron chi connectivity index (χ2n) is 3.50. The highest BCUT2D eigenvalue weighted by atomic mass is 16.1. The zero-order chi connectivity index (χ0) is 10.1. The average molecular weight is 194 g/mol. The number of rotatable bonds is 1. The SMILES string of the molecule is CCN1CCc2c(nc(N)[nH]c2=O)C1. The van der Waals surface area contributed by atoms with Gasteiger partial charge in [0.2, 0.25) is 5.95 Å². The van der Waals surface area contributed by atoms with E-state index in [2.05, 4.69) is 21.8 Å². The highest BCUT2D eigenvalue weighted by Gasteiger charge is 2.19. The van der Waals surface area contributed by atoms with Crippen LogP contribution in [0.25, 0.3) is 0 Å². The molecule has 0 aliphatic carbocycles. The quantitative estimate of drug-likeness (QED) is 0.645. The van der Waals surface area contributed by atoms with Gasteiger partial charge in [0, 0.05) is 18.7 Å². The summed E-state index contributed by atoms with van der Waals surface area (Å²) in [6, 6.07) is 0. The van der Waals surface area contributed by atoms with Crippen molar-refractivity contribution >= 4 is 5.95 Å². The van der Waals surface area contributed by atoms with E-state index in [9.17, 15) is 4.79 Å². The van der Waals surface area contributed by atoms with E-state index >= 15 is 0 Å². The third-order valence-corrected chi connectivity index (χ3v) is 2.62. The first kappa shape index (κ1) is 9.21. The fourth-order valence-corrected chi connectivity index (χ4v) is 1.78. The van der Waals surface area contributed by atoms with Gasteiger partial charge in [-0.05, 0) is 13.0 Å². The van der Waals surface area contributed by atoms with E-state index in [1.165, 1.54) is 0 Å². The Bertz CT molecular complexity index is 398. The Balaban J connectivity index is 2.42. The lowest BCUT2D eigenvalue weighted by Gasteiger charge is -2.25. The molecule has 0 saturated carbocycles. The first-order chi connectivity index (χ1) is 6.70. The summed E-state index contributed by atoms with van der Waals surface area (Å²) in [5.74, 6) is 0.215. The fraction of sp³-hybridized carbons (Fsp3) is 0.556. The molecular formula is C9H14N4O. The molecule has 0 aromatic carbocycles. The molecule has 3 N–H and O–H groups in total. The molecule has 0 spiro atoms. The van der Waals surface area contributed by atoms with E-state index in [1.807, 2.05) is 0 Å². The lowest BCUT2D eigenvalue weighted by Crippen LogP contribution is -2.35. The molecule has 0 amide bonds. The first-order valence-electron chi connectivity index (χ1n) is 4.80. The minimum Gasteiger partial charge on any atom is -0.369 e. The Kier molecular flexibility index (Phi) is 2.25. The monoisotopic (exact) mass is 194 g/mol. The number of fused-ring (bicyclic) bond motifs is 1. The van der Waals surface area contributed by atoms with Crippen LogP contribution in [0.15, 0.2) is 4.79 Å². The van der Waals surface area contributed by atoms with Gasteiger partial charge in [-0.25, -0.2) is 4.98 Å². The van der Waals surface area contributed by atoms with Crippen molar-refractivity contribution in [1.82, 2.24) is 14.9 Å². The molecule has 14 heavy (non-hydrogen) atoms. The predicted molar refractivity (Wildman–Crippen MR) is 53.9 cm³/mol. The molecule has 76 valence electrons. The molecule has 1 aliphatic heterocycles. The first-order valence-corrected chi connectivity index (χ1v) is 4.80. The van der Waals surface area contributed by atoms with Gasteiger partial charge in [0.05, 0.1) is 5.69 Å². The molecule has 0 saturated heterocycles. The number of nitrogens with one attached hydrogen (secondary N) is 1. The van der Waals surface area contributed by atoms with Gasteiger partial charge >= 0.3 is 0 Å². The lowest BCUT2D eigenvalue weighted by molar-refractivity contribution is 0.263. The number of nitrogen functional groups attached to an aromatic ring is 1. The van der Waals surface area contributed by atoms with Crippen molar-refractivity contribution in [2.75, 3.05) is 18.8 Å². The Morgan fingerprint density at radius 2 is 2.43 bits per heavy atom. The third-order valence-electron chi connectivity index (χ3n) is 2.62. The standard InChI is InChI=1S/C9H14N4O/c1-2-13-4-3-6-7(5-13)11-9(10)12-8(6)14/h2-5H2,1H3,(H3,10,11,12,14). The molecule has 5 heteroatoms. The molecule has 1 aliphatic rings. The zero-order valence-corrected chi connectivity index (χ0v) is 8.21. The highest BCUT2D eigenvalue weighted by Crippen LogP contribution is 2.13. The molecule has 5 nitrogen and oxygen atoms in total. The normalized spacial score (nSPS) is 16.6. The number of H-pyrrole nitrogens is 1. The summed E-state index contributed by atoms with van der Waals surface area (Å²) in [6.45, 7) is 4.74. The van der Waals surface area contributed by atoms with Crippen molar-refractivity contribution in [2.24, 2.45) is 0 Å². The van der Waals surface area contributed by atoms with Crippen LogP contribution in [-0.2, 0) is 13.0 Å². The zero-order valence-electron chi connectivity index (χ0n) is 8.21. The molecule has 0 unspecified atom stereocenters. The van der Waals surface area contributed by atoms with Crippen molar-refractivity contribution in [3.8, 4) is 0 Å². The number of aromatic nitrogens is 2. The topological polar surface area (TPSA) is 75.0 Å². The second-order valence-corrected chi connectivity index (χ2v) is 3.50. The molecule has 2 rings (SSSR count). The molecule has 0 fully saturated rings. The van der Waals surface area contributed by atoms with Crippen LogP contribution in [-0.4, -0.2) is 28.0 Å². The predicted octanol–water partition coefficient (Wildman–Crippen LogP) is -0.270. The number of hydrogen-bond donors (Lipinski definition) is 2. The number of anilines is 1. The van der Waals surface area contributed by atoms with Gasteiger partial charge in [-0.15, -0.1) is 0 Å². The van der Waals surface area contributed by atoms with E-state index in [-0.39, 0.29) is 11.5 Å². The maximum absolute atomic E-state index is 11.5. The molecular weight excluding hydrogens is 180 g/mol. The van der Waals surface area contributed by atoms with Crippen molar-refractivity contribution in [3.05, 3.63) is 21.6 Å². The van der Waals surface area contributed by atoms with Crippen molar-refractivity contribution < 1.29 is 0 Å². The minimum atomic E-state index is -0.0803. The van der Waals surface area contributed by atoms with Gasteiger partial charge in [0.1, 0.15) is 0 Å². The summed E-state index contributed by atoms with van der Waals surface area (Å²) in [4.78, 5) is 20.4. The summed E-state index contributed by atoms with van der Waals surface area (Å²) in [5, 5.41) is 0. The van der Waals surface area contributed by atoms with Crippen LogP contribution in [0.3, 0.4) is 0 Å². The van der Waals surface area contributed by atoms with Crippen LogP contribution in [0.2, 0.25) is 0 Å². The van der Waals surface area contributed by atoms with Crippen LogP contribution in [0.4, 0.5) is 5.95 Å². The van der Waals surface area contributed by atoms with Gasteiger partial charge < -0.3 is 5.73 Å². The van der Waals surface area contributed by atoms with E-state index in [4.69, 9.17) is 5.73 Å². The maximum atomic E-state index is 11.5. The number of nitrogens with two attached hydrogens (primary N) is 1. The average Bonchev–Trinajstić information content (AvgIpc) is 2.16. The molecule has 0 radical (unpaired) electrons. The summed E-state index contributed by atoms with van der Waals surface area (Å²) < 4.78 is 0. The second kappa shape index (κ2) is 3.42. The summed E-state index contributed by atoms with van der Waals surface area (Å²) in [7, 11) is 0. The number of likely N-dealkylation sites (N-methyl/N-ethyl adjacent to an activating group) is 1. The van der Waals surface area contributed by atoms with E-state index in [1.54, 1.807) is 0 Å². The largest absolute Gasteiger partial charge is 0.369 e. The van der Waals surface area contributed by atoms with Crippen LogP contribution in [0, 0.1) is 0 Å². The summed E-state index contributed by atoms with van der Waals surface area (Å²) in [6.07, 6.45) is 0.770. The molecule has 1 aromatic rings. The van der Waals surface area contributed by atoms with Gasteiger partial charge in [0.25, 0.3) is 5.56 Å². The van der Waals surface area contributed by atoms with Crippen LogP contribution in [0.1, 0.15) is 18.2 Å². The summed E-state index contributed by atoms with van der Waals surface area (Å²) >= 11 is 0. The summed E-state index contributed by atoms with van der Waals surface area (Å²) in [5.41, 5.74) is 7.03. The molecule has 0 atom stereocenters. The number of aromatic amines is 1. The van der Waals surface area contributed by atoms with E-state index < -0.39 is 0 Å². The Hall–Kier alpha value is -1.36. The highest BCUT2D eigenvalue weighted by molar-refractivity contribution is 5.27. The van der Waals surface area contributed by atoms with Gasteiger partial charge in [0.15, 0.2) is 0 Å². The van der Waals surface area contributed by atoms with Gasteiger partial charge in [-0.3, -0.25) is 14.7 Å². The number of hydrogen-bond acceptors (Lipinski definition) is 4. The fourth-order valence-electron chi connectivity index (χ4n) is 1.78. The van der Waals surface area contributed by atoms with Crippen molar-refractivity contribution in [1.29, 1.82) is 0 Å². The van der Waals surface area contributed by atoms with Gasteiger partial charge in [-0.2, -0.15) is 0 Å². The Morgan fingerprint density at radius 1 is 1.64 bits per heavy atom. The van der Waals surface area contributed by atoms with E-state index in [0.717, 1.165) is 37.3 Å². The van der Waals surface area contributed by atoms with Crippen molar-refractivity contribution in [3.63, 3.8) is 0 Å². The van der Waals surface area contributed by atoms with Crippen LogP contribution >= 0.6 is 0 Å². The number of nitrogens with zero attached hydrogens (tertiary/aromatic N) is 2. The van der Waals surface area contributed by atoms with E-state index in [0.29, 0.717) is 0 Å². The Labute approximate surface area is 82.0 Å². The lowest BCUT2D eigenvalue weighted by atomic mass is 10.1. The molecule has 1 aromatic heterocycles. The minimum absolute atomic E-state index is 0.0803. The maximum Gasteiger partial charge on any atom is 0.255 e. The Morgan fingerprint density at radius 3 is 3.14 bits per heavy atom. The smallest absolute Gasteiger partial charge is 0.255 e. The van der Waals surface area contributed by atoms with Crippen molar-refractivity contribution in [2.45, 2.75) is 19.9 Å². The molecule has 2 heterocycles. The third kappa shape index (κ3) is 1.50. The van der Waals surface area contributed by atoms with Crippen LogP contribution < -0.4 is 11.3 Å². The van der Waals surface area contributed by atoms with Gasteiger partial charge in [-0.1, -0.05) is 6.92 Å². The van der Waals surface area contributed by atoms with Crippen LogP contribution in [0.5, 0.6) is 0 Å². The molecule has 0 bridgehead atoms.